The highest BCUT2D eigenvalue weighted by atomic mass is 79.9. The Labute approximate surface area is 125 Å². The van der Waals surface area contributed by atoms with E-state index in [0.717, 1.165) is 12.1 Å². The van der Waals surface area contributed by atoms with Crippen LogP contribution in [-0.2, 0) is 6.54 Å². The first-order valence-electron chi connectivity index (χ1n) is 5.69. The summed E-state index contributed by atoms with van der Waals surface area (Å²) < 4.78 is 39.4. The lowest BCUT2D eigenvalue weighted by atomic mass is 10.2. The van der Waals surface area contributed by atoms with Gasteiger partial charge in [-0.15, -0.1) is 0 Å². The maximum atomic E-state index is 13.1. The largest absolute Gasteiger partial charge is 0.380 e. The van der Waals surface area contributed by atoms with Crippen molar-refractivity contribution in [3.05, 3.63) is 67.9 Å². The molecule has 0 fully saturated rings. The number of rotatable bonds is 4. The molecule has 4 nitrogen and oxygen atoms in total. The number of anilines is 1. The molecule has 110 valence electrons. The highest BCUT2D eigenvalue weighted by Gasteiger charge is 2.12. The first-order valence-corrected chi connectivity index (χ1v) is 6.49. The van der Waals surface area contributed by atoms with Crippen LogP contribution >= 0.6 is 15.9 Å². The van der Waals surface area contributed by atoms with E-state index in [4.69, 9.17) is 0 Å². The Morgan fingerprint density at radius 1 is 1.14 bits per heavy atom. The van der Waals surface area contributed by atoms with E-state index in [1.165, 1.54) is 18.2 Å². The molecule has 0 aromatic heterocycles. The maximum Gasteiger partial charge on any atom is 0.270 e. The second-order valence-corrected chi connectivity index (χ2v) is 5.00. The number of nitrogens with zero attached hydrogens (tertiary/aromatic N) is 1. The first kappa shape index (κ1) is 15.3. The summed E-state index contributed by atoms with van der Waals surface area (Å²) in [6.45, 7) is 0.0323. The first-order chi connectivity index (χ1) is 9.88. The van der Waals surface area contributed by atoms with Gasteiger partial charge in [0.05, 0.1) is 4.92 Å². The number of benzene rings is 2. The van der Waals surface area contributed by atoms with Crippen LogP contribution in [0.2, 0.25) is 0 Å². The Kier molecular flexibility index (Phi) is 4.46. The number of nitro groups is 1. The molecule has 0 aliphatic rings. The third-order valence-electron chi connectivity index (χ3n) is 2.69. The van der Waals surface area contributed by atoms with Crippen molar-refractivity contribution >= 4 is 27.3 Å². The van der Waals surface area contributed by atoms with Crippen LogP contribution in [0.15, 0.2) is 34.8 Å². The number of nitro benzene ring substituents is 1. The standard InChI is InChI=1S/C13H8BrF3N2O2/c14-9-5-8(19(20)21)1-2-12(9)18-6-7-3-10(15)13(17)11(16)4-7/h1-5,18H,6H2. The van der Waals surface area contributed by atoms with Gasteiger partial charge in [-0.25, -0.2) is 13.2 Å². The van der Waals surface area contributed by atoms with Gasteiger partial charge in [0.1, 0.15) is 0 Å². The normalized spacial score (nSPS) is 10.5. The quantitative estimate of drug-likeness (QED) is 0.499. The van der Waals surface area contributed by atoms with Crippen molar-refractivity contribution in [1.29, 1.82) is 0 Å². The lowest BCUT2D eigenvalue weighted by molar-refractivity contribution is -0.384. The number of halogens is 4. The van der Waals surface area contributed by atoms with Crippen molar-refractivity contribution in [2.45, 2.75) is 6.54 Å². The van der Waals surface area contributed by atoms with Crippen LogP contribution in [0.3, 0.4) is 0 Å². The maximum absolute atomic E-state index is 13.1. The Bertz CT molecular complexity index is 687. The van der Waals surface area contributed by atoms with Crippen LogP contribution in [0.25, 0.3) is 0 Å². The monoisotopic (exact) mass is 360 g/mol. The minimum absolute atomic E-state index is 0.0323. The summed E-state index contributed by atoms with van der Waals surface area (Å²) in [6.07, 6.45) is 0. The highest BCUT2D eigenvalue weighted by Crippen LogP contribution is 2.27. The van der Waals surface area contributed by atoms with Crippen molar-refractivity contribution in [2.24, 2.45) is 0 Å². The van der Waals surface area contributed by atoms with Crippen molar-refractivity contribution in [3.8, 4) is 0 Å². The molecular weight excluding hydrogens is 353 g/mol. The molecule has 0 saturated heterocycles. The molecule has 2 aromatic rings. The SMILES string of the molecule is O=[N+]([O-])c1ccc(NCc2cc(F)c(F)c(F)c2)c(Br)c1. The molecule has 8 heteroatoms. The third kappa shape index (κ3) is 3.52. The smallest absolute Gasteiger partial charge is 0.270 e. The zero-order valence-electron chi connectivity index (χ0n) is 10.4. The van der Waals surface area contributed by atoms with Gasteiger partial charge in [-0.05, 0) is 39.7 Å². The fourth-order valence-corrected chi connectivity index (χ4v) is 2.18. The Hall–Kier alpha value is -2.09. The summed E-state index contributed by atoms with van der Waals surface area (Å²) >= 11 is 3.15. The minimum atomic E-state index is -1.52. The van der Waals surface area contributed by atoms with Crippen molar-refractivity contribution in [1.82, 2.24) is 0 Å². The topological polar surface area (TPSA) is 55.2 Å². The molecule has 0 atom stereocenters. The Morgan fingerprint density at radius 2 is 1.76 bits per heavy atom. The predicted molar refractivity (Wildman–Crippen MR) is 74.4 cm³/mol. The minimum Gasteiger partial charge on any atom is -0.380 e. The van der Waals surface area contributed by atoms with E-state index >= 15 is 0 Å². The van der Waals surface area contributed by atoms with Gasteiger partial charge in [-0.1, -0.05) is 0 Å². The summed E-state index contributed by atoms with van der Waals surface area (Å²) in [7, 11) is 0. The van der Waals surface area contributed by atoms with E-state index in [-0.39, 0.29) is 17.8 Å². The van der Waals surface area contributed by atoms with Crippen LogP contribution in [0.1, 0.15) is 5.56 Å². The zero-order chi connectivity index (χ0) is 15.6. The van der Waals surface area contributed by atoms with Gasteiger partial charge in [-0.2, -0.15) is 0 Å². The van der Waals surface area contributed by atoms with Crippen LogP contribution in [0, 0.1) is 27.6 Å². The molecule has 1 N–H and O–H groups in total. The van der Waals surface area contributed by atoms with E-state index < -0.39 is 22.4 Å². The van der Waals surface area contributed by atoms with Gasteiger partial charge in [0.2, 0.25) is 0 Å². The van der Waals surface area contributed by atoms with Crippen molar-refractivity contribution in [3.63, 3.8) is 0 Å². The summed E-state index contributed by atoms with van der Waals surface area (Å²) in [6, 6.07) is 5.81. The molecule has 0 saturated carbocycles. The second kappa shape index (κ2) is 6.13. The molecule has 0 radical (unpaired) electrons. The fraction of sp³-hybridized carbons (Fsp3) is 0.0769. The third-order valence-corrected chi connectivity index (χ3v) is 3.35. The number of hydrogen-bond acceptors (Lipinski definition) is 3. The summed E-state index contributed by atoms with van der Waals surface area (Å²) in [5.74, 6) is -4.06. The van der Waals surface area contributed by atoms with Crippen molar-refractivity contribution < 1.29 is 18.1 Å². The van der Waals surface area contributed by atoms with Crippen molar-refractivity contribution in [2.75, 3.05) is 5.32 Å². The zero-order valence-corrected chi connectivity index (χ0v) is 12.0. The molecular formula is C13H8BrF3N2O2. The van der Waals surface area contributed by atoms with Gasteiger partial charge in [0, 0.05) is 28.8 Å². The summed E-state index contributed by atoms with van der Waals surface area (Å²) in [5.41, 5.74) is 0.619. The number of hydrogen-bond donors (Lipinski definition) is 1. The number of nitrogens with one attached hydrogen (secondary N) is 1. The molecule has 0 amide bonds. The molecule has 0 aliphatic heterocycles. The summed E-state index contributed by atoms with van der Waals surface area (Å²) in [5, 5.41) is 13.4. The molecule has 0 aliphatic carbocycles. The Morgan fingerprint density at radius 3 is 2.29 bits per heavy atom. The summed E-state index contributed by atoms with van der Waals surface area (Å²) in [4.78, 5) is 10.1. The van der Waals surface area contributed by atoms with Gasteiger partial charge < -0.3 is 5.32 Å². The lowest BCUT2D eigenvalue weighted by Crippen LogP contribution is -2.03. The van der Waals surface area contributed by atoms with E-state index in [1.54, 1.807) is 0 Å². The number of non-ortho nitro benzene ring substituents is 1. The molecule has 0 unspecified atom stereocenters. The van der Waals surface area contributed by atoms with Crippen LogP contribution < -0.4 is 5.32 Å². The van der Waals surface area contributed by atoms with E-state index in [1.807, 2.05) is 0 Å². The second-order valence-electron chi connectivity index (χ2n) is 4.15. The average Bonchev–Trinajstić information content (AvgIpc) is 2.43. The fourth-order valence-electron chi connectivity index (χ4n) is 1.67. The van der Waals surface area contributed by atoms with Crippen LogP contribution in [-0.4, -0.2) is 4.92 Å². The van der Waals surface area contributed by atoms with Crippen LogP contribution in [0.4, 0.5) is 24.5 Å². The van der Waals surface area contributed by atoms with Crippen LogP contribution in [0.5, 0.6) is 0 Å². The average molecular weight is 361 g/mol. The van der Waals surface area contributed by atoms with Gasteiger partial charge in [0.15, 0.2) is 17.5 Å². The Balaban J connectivity index is 2.15. The molecule has 2 rings (SSSR count). The molecule has 0 spiro atoms. The van der Waals surface area contributed by atoms with Gasteiger partial charge in [-0.3, -0.25) is 10.1 Å². The van der Waals surface area contributed by atoms with E-state index in [9.17, 15) is 23.3 Å². The van der Waals surface area contributed by atoms with Gasteiger partial charge in [0.25, 0.3) is 5.69 Å². The lowest BCUT2D eigenvalue weighted by Gasteiger charge is -2.09. The molecule has 0 heterocycles. The molecule has 2 aromatic carbocycles. The van der Waals surface area contributed by atoms with E-state index in [2.05, 4.69) is 21.2 Å². The predicted octanol–water partition coefficient (Wildman–Crippen LogP) is 4.39. The molecule has 21 heavy (non-hydrogen) atoms. The highest BCUT2D eigenvalue weighted by molar-refractivity contribution is 9.10. The van der Waals surface area contributed by atoms with Gasteiger partial charge >= 0.3 is 0 Å². The van der Waals surface area contributed by atoms with E-state index in [0.29, 0.717) is 10.2 Å². The molecule has 0 bridgehead atoms.